The highest BCUT2D eigenvalue weighted by atomic mass is 32.1. The first-order valence-corrected chi connectivity index (χ1v) is 8.82. The van der Waals surface area contributed by atoms with Gasteiger partial charge in [-0.1, -0.05) is 6.92 Å². The fourth-order valence-electron chi connectivity index (χ4n) is 2.81. The Morgan fingerprint density at radius 2 is 2.39 bits per heavy atom. The highest BCUT2D eigenvalue weighted by Crippen LogP contribution is 2.28. The van der Waals surface area contributed by atoms with Crippen LogP contribution in [0.15, 0.2) is 18.7 Å². The van der Waals surface area contributed by atoms with Crippen molar-refractivity contribution in [3.05, 3.63) is 34.3 Å². The summed E-state index contributed by atoms with van der Waals surface area (Å²) in [5.41, 5.74) is 1.05. The molecule has 124 valence electrons. The van der Waals surface area contributed by atoms with E-state index in [1.807, 2.05) is 17.8 Å². The molecule has 0 unspecified atom stereocenters. The molecule has 1 aliphatic heterocycles. The van der Waals surface area contributed by atoms with Gasteiger partial charge in [0.05, 0.1) is 29.4 Å². The van der Waals surface area contributed by atoms with Gasteiger partial charge in [0.25, 0.3) is 5.91 Å². The minimum atomic E-state index is -0.0273. The van der Waals surface area contributed by atoms with E-state index in [2.05, 4.69) is 22.2 Å². The number of carbonyl (C=O) groups is 1. The average molecular weight is 334 g/mol. The maximum absolute atomic E-state index is 12.4. The lowest BCUT2D eigenvalue weighted by Gasteiger charge is -2.30. The van der Waals surface area contributed by atoms with Gasteiger partial charge in [-0.15, -0.1) is 11.3 Å². The van der Waals surface area contributed by atoms with Crippen LogP contribution in [0.3, 0.4) is 0 Å². The van der Waals surface area contributed by atoms with Crippen molar-refractivity contribution < 1.29 is 9.53 Å². The molecule has 1 amide bonds. The van der Waals surface area contributed by atoms with E-state index in [-0.39, 0.29) is 18.1 Å². The molecule has 1 N–H and O–H groups in total. The zero-order valence-electron chi connectivity index (χ0n) is 13.5. The van der Waals surface area contributed by atoms with Gasteiger partial charge in [-0.25, -0.2) is 9.97 Å². The van der Waals surface area contributed by atoms with Gasteiger partial charge in [0.1, 0.15) is 11.0 Å². The maximum Gasteiger partial charge on any atom is 0.263 e. The molecule has 1 aliphatic rings. The molecule has 7 heteroatoms. The lowest BCUT2D eigenvalue weighted by molar-refractivity contribution is -0.00298. The monoisotopic (exact) mass is 334 g/mol. The Labute approximate surface area is 139 Å². The smallest absolute Gasteiger partial charge is 0.263 e. The Balaban J connectivity index is 1.60. The van der Waals surface area contributed by atoms with E-state index in [0.717, 1.165) is 36.4 Å². The van der Waals surface area contributed by atoms with Crippen molar-refractivity contribution in [2.75, 3.05) is 6.61 Å². The van der Waals surface area contributed by atoms with Crippen LogP contribution < -0.4 is 5.32 Å². The van der Waals surface area contributed by atoms with Crippen molar-refractivity contribution in [3.63, 3.8) is 0 Å². The molecule has 0 aliphatic carbocycles. The molecule has 3 heterocycles. The minimum absolute atomic E-state index is 0.0151. The van der Waals surface area contributed by atoms with E-state index >= 15 is 0 Å². The van der Waals surface area contributed by atoms with Gasteiger partial charge in [0.2, 0.25) is 0 Å². The molecule has 23 heavy (non-hydrogen) atoms. The number of imidazole rings is 1. The second-order valence-electron chi connectivity index (χ2n) is 5.85. The van der Waals surface area contributed by atoms with Crippen LogP contribution in [0.4, 0.5) is 0 Å². The van der Waals surface area contributed by atoms with Crippen LogP contribution in [0, 0.1) is 0 Å². The van der Waals surface area contributed by atoms with E-state index in [1.165, 1.54) is 11.3 Å². The molecule has 3 rings (SSSR count). The lowest BCUT2D eigenvalue weighted by Crippen LogP contribution is -2.39. The Kier molecular flexibility index (Phi) is 5.07. The first kappa shape index (κ1) is 16.1. The van der Waals surface area contributed by atoms with Crippen LogP contribution in [0.2, 0.25) is 0 Å². The normalized spacial score (nSPS) is 21.3. The molecule has 0 bridgehead atoms. The van der Waals surface area contributed by atoms with Gasteiger partial charge >= 0.3 is 0 Å². The summed E-state index contributed by atoms with van der Waals surface area (Å²) in [5, 5.41) is 4.15. The second kappa shape index (κ2) is 7.23. The second-order valence-corrected chi connectivity index (χ2v) is 6.97. The van der Waals surface area contributed by atoms with E-state index in [9.17, 15) is 4.79 Å². The standard InChI is InChI=1S/C16H22N4O2S/c1-3-4-15-18-9-14(23-15)16(21)19-11-5-6-22-13(7-11)12-8-17-10-20(12)2/h8-11,13H,3-7H2,1-2H3,(H,19,21)/t11-,13-/m1/s1. The maximum atomic E-state index is 12.4. The topological polar surface area (TPSA) is 69.0 Å². The van der Waals surface area contributed by atoms with Crippen LogP contribution >= 0.6 is 11.3 Å². The molecule has 0 saturated carbocycles. The molecule has 2 aromatic heterocycles. The number of hydrogen-bond donors (Lipinski definition) is 1. The van der Waals surface area contributed by atoms with Gasteiger partial charge in [-0.2, -0.15) is 0 Å². The first-order chi connectivity index (χ1) is 11.2. The van der Waals surface area contributed by atoms with Gasteiger partial charge in [-0.05, 0) is 25.7 Å². The highest BCUT2D eigenvalue weighted by molar-refractivity contribution is 7.13. The van der Waals surface area contributed by atoms with Gasteiger partial charge < -0.3 is 14.6 Å². The predicted molar refractivity (Wildman–Crippen MR) is 88.5 cm³/mol. The SMILES string of the molecule is CCCc1ncc(C(=O)N[C@@H]2CCO[C@@H](c3cncn3C)C2)s1. The summed E-state index contributed by atoms with van der Waals surface area (Å²) in [4.78, 5) is 21.5. The van der Waals surface area contributed by atoms with Crippen molar-refractivity contribution in [1.82, 2.24) is 19.9 Å². The molecule has 6 nitrogen and oxygen atoms in total. The van der Waals surface area contributed by atoms with Gasteiger partial charge in [0.15, 0.2) is 0 Å². The number of thiazole rings is 1. The lowest BCUT2D eigenvalue weighted by atomic mass is 10.0. The summed E-state index contributed by atoms with van der Waals surface area (Å²) in [6.07, 6.45) is 8.84. The summed E-state index contributed by atoms with van der Waals surface area (Å²) in [5.74, 6) is -0.0273. The number of amides is 1. The first-order valence-electron chi connectivity index (χ1n) is 8.00. The summed E-state index contributed by atoms with van der Waals surface area (Å²) in [6, 6.07) is 0.118. The third-order valence-electron chi connectivity index (χ3n) is 4.04. The summed E-state index contributed by atoms with van der Waals surface area (Å²) in [7, 11) is 1.96. The molecule has 2 atom stereocenters. The van der Waals surface area contributed by atoms with Crippen molar-refractivity contribution in [3.8, 4) is 0 Å². The van der Waals surface area contributed by atoms with E-state index in [1.54, 1.807) is 12.5 Å². The van der Waals surface area contributed by atoms with Gasteiger partial charge in [0, 0.05) is 19.7 Å². The largest absolute Gasteiger partial charge is 0.372 e. The fourth-order valence-corrected chi connectivity index (χ4v) is 3.74. The zero-order chi connectivity index (χ0) is 16.2. The molecular weight excluding hydrogens is 312 g/mol. The minimum Gasteiger partial charge on any atom is -0.372 e. The molecular formula is C16H22N4O2S. The Morgan fingerprint density at radius 1 is 1.52 bits per heavy atom. The quantitative estimate of drug-likeness (QED) is 0.912. The number of nitrogens with one attached hydrogen (secondary N) is 1. The van der Waals surface area contributed by atoms with Gasteiger partial charge in [-0.3, -0.25) is 4.79 Å². The number of ether oxygens (including phenoxy) is 1. The zero-order valence-corrected chi connectivity index (χ0v) is 14.3. The molecule has 0 aromatic carbocycles. The van der Waals surface area contributed by atoms with Crippen LogP contribution in [-0.2, 0) is 18.2 Å². The third kappa shape index (κ3) is 3.79. The van der Waals surface area contributed by atoms with Crippen molar-refractivity contribution in [2.24, 2.45) is 7.05 Å². The van der Waals surface area contributed by atoms with Crippen LogP contribution in [0.1, 0.15) is 52.7 Å². The summed E-state index contributed by atoms with van der Waals surface area (Å²) < 4.78 is 7.80. The van der Waals surface area contributed by atoms with Crippen LogP contribution in [0.5, 0.6) is 0 Å². The Morgan fingerprint density at radius 3 is 3.13 bits per heavy atom. The van der Waals surface area contributed by atoms with Crippen molar-refractivity contribution in [2.45, 2.75) is 44.8 Å². The molecule has 1 saturated heterocycles. The van der Waals surface area contributed by atoms with Crippen molar-refractivity contribution >= 4 is 17.2 Å². The van der Waals surface area contributed by atoms with E-state index in [4.69, 9.17) is 4.74 Å². The fraction of sp³-hybridized carbons (Fsp3) is 0.562. The number of rotatable bonds is 5. The number of aromatic nitrogens is 3. The third-order valence-corrected chi connectivity index (χ3v) is 5.10. The van der Waals surface area contributed by atoms with E-state index in [0.29, 0.717) is 11.5 Å². The van der Waals surface area contributed by atoms with Crippen LogP contribution in [-0.4, -0.2) is 33.1 Å². The molecule has 0 spiro atoms. The Hall–Kier alpha value is -1.73. The molecule has 1 fully saturated rings. The molecule has 0 radical (unpaired) electrons. The number of nitrogens with zero attached hydrogens (tertiary/aromatic N) is 3. The summed E-state index contributed by atoms with van der Waals surface area (Å²) in [6.45, 7) is 2.76. The number of carbonyl (C=O) groups excluding carboxylic acids is 1. The number of hydrogen-bond acceptors (Lipinski definition) is 5. The molecule has 2 aromatic rings. The van der Waals surface area contributed by atoms with E-state index < -0.39 is 0 Å². The Bertz CT molecular complexity index is 667. The average Bonchev–Trinajstić information content (AvgIpc) is 3.17. The van der Waals surface area contributed by atoms with Crippen LogP contribution in [0.25, 0.3) is 0 Å². The predicted octanol–water partition coefficient (Wildman–Crippen LogP) is 2.48. The van der Waals surface area contributed by atoms with Crippen molar-refractivity contribution in [1.29, 1.82) is 0 Å². The number of aryl methyl sites for hydroxylation is 2. The summed E-state index contributed by atoms with van der Waals surface area (Å²) >= 11 is 1.49. The highest BCUT2D eigenvalue weighted by Gasteiger charge is 2.27.